The predicted molar refractivity (Wildman–Crippen MR) is 145 cm³/mol. The van der Waals surface area contributed by atoms with Gasteiger partial charge in [-0.3, -0.25) is 24.1 Å². The third-order valence-electron chi connectivity index (χ3n) is 8.98. The molecule has 0 radical (unpaired) electrons. The first-order valence-corrected chi connectivity index (χ1v) is 13.4. The summed E-state index contributed by atoms with van der Waals surface area (Å²) < 4.78 is 1.92. The first-order chi connectivity index (χ1) is 19.3. The molecule has 41 heavy (non-hydrogen) atoms. The van der Waals surface area contributed by atoms with Crippen molar-refractivity contribution in [3.63, 3.8) is 0 Å². The van der Waals surface area contributed by atoms with Crippen molar-refractivity contribution in [1.29, 1.82) is 0 Å². The average molecular weight is 567 g/mol. The van der Waals surface area contributed by atoms with Crippen molar-refractivity contribution in [2.45, 2.75) is 37.1 Å². The predicted octanol–water partition coefficient (Wildman–Crippen LogP) is -0.403. The number of phenols is 1. The van der Waals surface area contributed by atoms with E-state index in [9.17, 15) is 39.6 Å². The van der Waals surface area contributed by atoms with Gasteiger partial charge in [0.05, 0.1) is 24.1 Å². The molecular weight excluding hydrogens is 532 g/mol. The van der Waals surface area contributed by atoms with Crippen molar-refractivity contribution < 1.29 is 39.6 Å². The van der Waals surface area contributed by atoms with Crippen LogP contribution in [-0.4, -0.2) is 91.5 Å². The third kappa shape index (κ3) is 4.29. The summed E-state index contributed by atoms with van der Waals surface area (Å²) in [6.07, 6.45) is 0.0322. The molecule has 5 rings (SSSR count). The highest BCUT2D eigenvalue weighted by atomic mass is 16.4. The van der Waals surface area contributed by atoms with Crippen LogP contribution in [0, 0.1) is 17.8 Å². The number of rotatable bonds is 7. The van der Waals surface area contributed by atoms with Crippen LogP contribution in [0.15, 0.2) is 41.8 Å². The number of hydrogen-bond acceptors (Lipinski definition) is 10. The summed E-state index contributed by atoms with van der Waals surface area (Å²) in [5.41, 5.74) is 3.38. The molecule has 12 heteroatoms. The molecule has 0 spiro atoms. The highest BCUT2D eigenvalue weighted by Crippen LogP contribution is 2.53. The third-order valence-corrected chi connectivity index (χ3v) is 8.98. The summed E-state index contributed by atoms with van der Waals surface area (Å²) in [5.74, 6) is -7.54. The minimum absolute atomic E-state index is 0.00310. The molecule has 3 aliphatic rings. The number of ketones is 3. The van der Waals surface area contributed by atoms with Crippen molar-refractivity contribution >= 4 is 23.3 Å². The maximum atomic E-state index is 13.8. The molecule has 0 bridgehead atoms. The van der Waals surface area contributed by atoms with Crippen molar-refractivity contribution in [2.24, 2.45) is 30.5 Å². The Balaban J connectivity index is 1.51. The lowest BCUT2D eigenvalue weighted by Gasteiger charge is -2.55. The highest BCUT2D eigenvalue weighted by molar-refractivity contribution is 6.23. The lowest BCUT2D eigenvalue weighted by atomic mass is 9.53. The summed E-state index contributed by atoms with van der Waals surface area (Å²) >= 11 is 0. The highest BCUT2D eigenvalue weighted by Gasteiger charge is 2.66. The minimum Gasteiger partial charge on any atom is -0.510 e. The number of carbonyl (C=O) groups is 4. The lowest BCUT2D eigenvalue weighted by molar-refractivity contribution is -0.190. The molecule has 1 aromatic heterocycles. The molecule has 0 saturated heterocycles. The van der Waals surface area contributed by atoms with Gasteiger partial charge in [0.25, 0.3) is 5.91 Å². The number of nitrogens with two attached hydrogens (primary N) is 1. The zero-order chi connectivity index (χ0) is 30.0. The minimum atomic E-state index is -2.59. The van der Waals surface area contributed by atoms with Gasteiger partial charge in [0.2, 0.25) is 5.78 Å². The molecule has 1 saturated carbocycles. The van der Waals surface area contributed by atoms with Crippen molar-refractivity contribution in [1.82, 2.24) is 14.8 Å². The molecule has 2 aromatic rings. The zero-order valence-corrected chi connectivity index (χ0v) is 23.0. The van der Waals surface area contributed by atoms with Gasteiger partial charge >= 0.3 is 0 Å². The van der Waals surface area contributed by atoms with Gasteiger partial charge in [0, 0.05) is 37.0 Å². The van der Waals surface area contributed by atoms with Crippen LogP contribution in [0.25, 0.3) is 0 Å². The van der Waals surface area contributed by atoms with Gasteiger partial charge in [-0.25, -0.2) is 0 Å². The first-order valence-electron chi connectivity index (χ1n) is 13.4. The number of fused-ring (bicyclic) bond motifs is 3. The van der Waals surface area contributed by atoms with E-state index >= 15 is 0 Å². The number of Topliss-reactive ketones (excluding diaryl/α,β-unsaturated/α-hetero) is 3. The molecule has 3 aliphatic carbocycles. The smallest absolute Gasteiger partial charge is 0.255 e. The van der Waals surface area contributed by atoms with Crippen LogP contribution < -0.4 is 11.1 Å². The number of aryl methyl sites for hydroxylation is 1. The Hall–Kier alpha value is -3.84. The standard InChI is InChI=1S/C29H34N4O8/c1-32(2)23-17-10-13-9-16-15(19(35)12-31-11-14-5-4-8-33(14)3)6-7-18(34)21(16)24(36)20(13)26(38)29(17,41)27(39)22(25(23)37)28(30)40/h4-8,13,17,20,23,26,31,34,37-38,41H,9-12H2,1-3H3,(H2,30,40)/t13-,17-,20?,23-,26?,29-/m0/s1. The number of aromatic nitrogens is 1. The van der Waals surface area contributed by atoms with Crippen LogP contribution in [0.2, 0.25) is 0 Å². The van der Waals surface area contributed by atoms with Crippen LogP contribution in [0.1, 0.15) is 38.4 Å². The average Bonchev–Trinajstić information content (AvgIpc) is 3.30. The van der Waals surface area contributed by atoms with E-state index in [4.69, 9.17) is 5.73 Å². The Morgan fingerprint density at radius 2 is 1.90 bits per heavy atom. The number of phenolic OH excluding ortho intramolecular Hbond substituents is 1. The van der Waals surface area contributed by atoms with Gasteiger partial charge in [0.1, 0.15) is 23.2 Å². The molecule has 1 heterocycles. The fraction of sp³-hybridized carbons (Fsp3) is 0.448. The van der Waals surface area contributed by atoms with Gasteiger partial charge in [0.15, 0.2) is 17.2 Å². The summed E-state index contributed by atoms with van der Waals surface area (Å²) in [5, 5.41) is 47.9. The summed E-state index contributed by atoms with van der Waals surface area (Å²) in [7, 11) is 5.04. The molecule has 6 atom stereocenters. The van der Waals surface area contributed by atoms with Crippen molar-refractivity contribution in [2.75, 3.05) is 20.6 Å². The summed E-state index contributed by atoms with van der Waals surface area (Å²) in [6, 6.07) is 5.46. The summed E-state index contributed by atoms with van der Waals surface area (Å²) in [4.78, 5) is 54.2. The van der Waals surface area contributed by atoms with Crippen LogP contribution >= 0.6 is 0 Å². The van der Waals surface area contributed by atoms with E-state index in [1.54, 1.807) is 14.1 Å². The van der Waals surface area contributed by atoms with Crippen molar-refractivity contribution in [3.05, 3.63) is 64.2 Å². The van der Waals surface area contributed by atoms with Crippen LogP contribution in [0.3, 0.4) is 0 Å². The van der Waals surface area contributed by atoms with E-state index in [0.717, 1.165) is 5.69 Å². The molecular formula is C29H34N4O8. The number of likely N-dealkylation sites (N-methyl/N-ethyl adjacent to an activating group) is 1. The van der Waals surface area contributed by atoms with E-state index in [1.165, 1.54) is 17.0 Å². The summed E-state index contributed by atoms with van der Waals surface area (Å²) in [6.45, 7) is 0.414. The maximum absolute atomic E-state index is 13.8. The van der Waals surface area contributed by atoms with Gasteiger partial charge in [-0.1, -0.05) is 0 Å². The number of aromatic hydroxyl groups is 1. The fourth-order valence-corrected chi connectivity index (χ4v) is 7.03. The maximum Gasteiger partial charge on any atom is 0.255 e. The van der Waals surface area contributed by atoms with E-state index in [2.05, 4.69) is 5.32 Å². The number of hydrogen-bond donors (Lipinski definition) is 6. The van der Waals surface area contributed by atoms with Crippen molar-refractivity contribution in [3.8, 4) is 5.75 Å². The Kier molecular flexibility index (Phi) is 7.14. The largest absolute Gasteiger partial charge is 0.510 e. The number of amides is 1. The lowest BCUT2D eigenvalue weighted by Crippen LogP contribution is -2.71. The second-order valence-electron chi connectivity index (χ2n) is 11.5. The molecule has 1 aromatic carbocycles. The number of aliphatic hydroxyl groups excluding tert-OH is 2. The number of carbonyl (C=O) groups excluding carboxylic acids is 4. The quantitative estimate of drug-likeness (QED) is 0.189. The van der Waals surface area contributed by atoms with E-state index in [0.29, 0.717) is 12.1 Å². The molecule has 12 nitrogen and oxygen atoms in total. The first kappa shape index (κ1) is 28.7. The zero-order valence-electron chi connectivity index (χ0n) is 23.0. The Bertz CT molecular complexity index is 1490. The SMILES string of the molecule is CN(C)[C@@H]1C(O)=C(C(N)=O)C(=O)[C@@]2(O)C(O)C3C(=O)c4c(O)ccc(C(=O)CNCc5cccn5C)c4C[C@H]3C[C@@H]12. The Labute approximate surface area is 236 Å². The second kappa shape index (κ2) is 10.2. The molecule has 1 amide bonds. The molecule has 218 valence electrons. The molecule has 1 fully saturated rings. The number of primary amides is 1. The monoisotopic (exact) mass is 566 g/mol. The molecule has 7 N–H and O–H groups in total. The Morgan fingerprint density at radius 3 is 2.51 bits per heavy atom. The topological polar surface area (TPSA) is 195 Å². The van der Waals surface area contributed by atoms with Crippen LogP contribution in [-0.2, 0) is 29.6 Å². The van der Waals surface area contributed by atoms with Gasteiger partial charge in [-0.15, -0.1) is 0 Å². The van der Waals surface area contributed by atoms with E-state index in [-0.39, 0.29) is 42.0 Å². The van der Waals surface area contributed by atoms with E-state index < -0.39 is 64.3 Å². The van der Waals surface area contributed by atoms with Crippen LogP contribution in [0.5, 0.6) is 5.75 Å². The van der Waals surface area contributed by atoms with Gasteiger partial charge in [-0.2, -0.15) is 0 Å². The number of aliphatic hydroxyl groups is 3. The fourth-order valence-electron chi connectivity index (χ4n) is 7.03. The van der Waals surface area contributed by atoms with Gasteiger partial charge in [-0.05, 0) is 62.7 Å². The number of nitrogens with zero attached hydrogens (tertiary/aromatic N) is 2. The Morgan fingerprint density at radius 1 is 1.20 bits per heavy atom. The van der Waals surface area contributed by atoms with Crippen LogP contribution in [0.4, 0.5) is 0 Å². The molecule has 2 unspecified atom stereocenters. The number of nitrogens with one attached hydrogen (secondary N) is 1. The number of benzene rings is 1. The van der Waals surface area contributed by atoms with Gasteiger partial charge < -0.3 is 36.0 Å². The van der Waals surface area contributed by atoms with E-state index in [1.807, 2.05) is 29.9 Å². The normalized spacial score (nSPS) is 29.3. The second-order valence-corrected chi connectivity index (χ2v) is 11.5. The molecule has 0 aliphatic heterocycles.